The number of methoxy groups -OCH3 is 2. The third-order valence-corrected chi connectivity index (χ3v) is 3.79. The van der Waals surface area contributed by atoms with Gasteiger partial charge in [0.15, 0.2) is 6.61 Å². The molecule has 0 bridgehead atoms. The van der Waals surface area contributed by atoms with Crippen molar-refractivity contribution in [2.24, 2.45) is 0 Å². The fourth-order valence-electron chi connectivity index (χ4n) is 2.44. The number of amides is 1. The summed E-state index contributed by atoms with van der Waals surface area (Å²) in [5.41, 5.74) is 0.483. The lowest BCUT2D eigenvalue weighted by molar-refractivity contribution is -0.119. The molecule has 0 aliphatic rings. The number of nitrogens with one attached hydrogen (secondary N) is 1. The van der Waals surface area contributed by atoms with Crippen LogP contribution >= 0.6 is 0 Å². The fraction of sp³-hybridized carbons (Fsp3) is 0.238. The van der Waals surface area contributed by atoms with Crippen LogP contribution < -0.4 is 10.1 Å². The third-order valence-electron chi connectivity index (χ3n) is 3.79. The van der Waals surface area contributed by atoms with E-state index >= 15 is 0 Å². The van der Waals surface area contributed by atoms with Gasteiger partial charge in [-0.25, -0.2) is 14.4 Å². The Labute approximate surface area is 172 Å². The van der Waals surface area contributed by atoms with Crippen LogP contribution in [-0.4, -0.2) is 51.2 Å². The highest BCUT2D eigenvalue weighted by Crippen LogP contribution is 2.17. The van der Waals surface area contributed by atoms with Crippen LogP contribution in [0.3, 0.4) is 0 Å². The summed E-state index contributed by atoms with van der Waals surface area (Å²) in [6.45, 7) is 1.77. The van der Waals surface area contributed by atoms with Crippen molar-refractivity contribution in [1.82, 2.24) is 0 Å². The minimum Gasteiger partial charge on any atom is -0.494 e. The maximum Gasteiger partial charge on any atom is 0.338 e. The highest BCUT2D eigenvalue weighted by molar-refractivity contribution is 6.00. The molecule has 9 nitrogen and oxygen atoms in total. The van der Waals surface area contributed by atoms with Crippen molar-refractivity contribution in [1.29, 1.82) is 0 Å². The van der Waals surface area contributed by atoms with Crippen molar-refractivity contribution in [2.45, 2.75) is 6.92 Å². The molecule has 0 aromatic heterocycles. The topological polar surface area (TPSA) is 117 Å². The van der Waals surface area contributed by atoms with Crippen molar-refractivity contribution in [3.8, 4) is 5.75 Å². The molecule has 0 fully saturated rings. The lowest BCUT2D eigenvalue weighted by atomic mass is 10.1. The predicted molar refractivity (Wildman–Crippen MR) is 106 cm³/mol. The predicted octanol–water partition coefficient (Wildman–Crippen LogP) is 2.45. The second kappa shape index (κ2) is 10.6. The van der Waals surface area contributed by atoms with Crippen molar-refractivity contribution < 1.29 is 38.1 Å². The van der Waals surface area contributed by atoms with E-state index in [2.05, 4.69) is 14.8 Å². The van der Waals surface area contributed by atoms with Gasteiger partial charge >= 0.3 is 17.9 Å². The van der Waals surface area contributed by atoms with Crippen LogP contribution in [0.15, 0.2) is 42.5 Å². The van der Waals surface area contributed by atoms with Gasteiger partial charge in [-0.3, -0.25) is 4.79 Å². The van der Waals surface area contributed by atoms with Gasteiger partial charge in [-0.1, -0.05) is 0 Å². The van der Waals surface area contributed by atoms with Crippen molar-refractivity contribution in [3.05, 3.63) is 59.2 Å². The normalized spacial score (nSPS) is 9.97. The first-order chi connectivity index (χ1) is 14.4. The first-order valence-corrected chi connectivity index (χ1v) is 8.89. The molecule has 1 amide bonds. The minimum atomic E-state index is -0.696. The highest BCUT2D eigenvalue weighted by atomic mass is 16.5. The molecule has 0 aliphatic heterocycles. The Morgan fingerprint density at radius 3 is 1.87 bits per heavy atom. The molecule has 0 radical (unpaired) electrons. The summed E-state index contributed by atoms with van der Waals surface area (Å²) in [7, 11) is 2.37. The number of benzene rings is 2. The lowest BCUT2D eigenvalue weighted by Gasteiger charge is -2.10. The van der Waals surface area contributed by atoms with Gasteiger partial charge < -0.3 is 24.3 Å². The number of carbonyl (C=O) groups is 4. The van der Waals surface area contributed by atoms with E-state index < -0.39 is 30.4 Å². The smallest absolute Gasteiger partial charge is 0.338 e. The fourth-order valence-corrected chi connectivity index (χ4v) is 2.44. The standard InChI is InChI=1S/C21H21NO8/c1-4-29-17-7-5-13(6-8-17)21(26)30-12-18(23)22-16-10-14(19(24)27-2)9-15(11-16)20(25)28-3/h5-11H,4,12H2,1-3H3,(H,22,23). The van der Waals surface area contributed by atoms with Crippen LogP contribution in [0, 0.1) is 0 Å². The molecule has 0 saturated heterocycles. The van der Waals surface area contributed by atoms with Crippen LogP contribution in [0.2, 0.25) is 0 Å². The summed E-state index contributed by atoms with van der Waals surface area (Å²) in [5, 5.41) is 2.46. The maximum atomic E-state index is 12.1. The monoisotopic (exact) mass is 415 g/mol. The van der Waals surface area contributed by atoms with Gasteiger partial charge in [0.2, 0.25) is 0 Å². The van der Waals surface area contributed by atoms with Crippen molar-refractivity contribution in [3.63, 3.8) is 0 Å². The number of carbonyl (C=O) groups excluding carboxylic acids is 4. The van der Waals surface area contributed by atoms with Crippen molar-refractivity contribution >= 4 is 29.5 Å². The minimum absolute atomic E-state index is 0.0436. The van der Waals surface area contributed by atoms with E-state index in [0.29, 0.717) is 12.4 Å². The van der Waals surface area contributed by atoms with Gasteiger partial charge in [-0.2, -0.15) is 0 Å². The van der Waals surface area contributed by atoms with Crippen LogP contribution in [0.1, 0.15) is 38.0 Å². The zero-order valence-electron chi connectivity index (χ0n) is 16.7. The Morgan fingerprint density at radius 1 is 0.800 bits per heavy atom. The third kappa shape index (κ3) is 6.06. The molecule has 0 saturated carbocycles. The van der Waals surface area contributed by atoms with Crippen LogP contribution in [0.25, 0.3) is 0 Å². The molecule has 0 spiro atoms. The van der Waals surface area contributed by atoms with Crippen LogP contribution in [-0.2, 0) is 19.0 Å². The highest BCUT2D eigenvalue weighted by Gasteiger charge is 2.16. The zero-order chi connectivity index (χ0) is 22.1. The Hall–Kier alpha value is -3.88. The van der Waals surface area contributed by atoms with Crippen LogP contribution in [0.5, 0.6) is 5.75 Å². The Morgan fingerprint density at radius 2 is 1.37 bits per heavy atom. The number of esters is 3. The van der Waals surface area contributed by atoms with Gasteiger partial charge in [0, 0.05) is 5.69 Å². The van der Waals surface area contributed by atoms with Gasteiger partial charge in [-0.05, 0) is 49.4 Å². The van der Waals surface area contributed by atoms with E-state index in [1.165, 1.54) is 44.6 Å². The van der Waals surface area contributed by atoms with E-state index in [-0.39, 0.29) is 22.4 Å². The average Bonchev–Trinajstić information content (AvgIpc) is 2.76. The van der Waals surface area contributed by atoms with Gasteiger partial charge in [-0.15, -0.1) is 0 Å². The number of hydrogen-bond acceptors (Lipinski definition) is 8. The molecule has 0 heterocycles. The molecule has 2 rings (SSSR count). The molecule has 0 atom stereocenters. The molecule has 2 aromatic carbocycles. The summed E-state index contributed by atoms with van der Waals surface area (Å²) >= 11 is 0. The van der Waals surface area contributed by atoms with E-state index in [4.69, 9.17) is 9.47 Å². The molecular weight excluding hydrogens is 394 g/mol. The number of anilines is 1. The number of rotatable bonds is 8. The first-order valence-electron chi connectivity index (χ1n) is 8.89. The summed E-state index contributed by atoms with van der Waals surface area (Å²) < 4.78 is 19.5. The zero-order valence-corrected chi connectivity index (χ0v) is 16.7. The Kier molecular flexibility index (Phi) is 7.92. The lowest BCUT2D eigenvalue weighted by Crippen LogP contribution is -2.21. The summed E-state index contributed by atoms with van der Waals surface area (Å²) in [4.78, 5) is 47.8. The number of hydrogen-bond donors (Lipinski definition) is 1. The van der Waals surface area contributed by atoms with Crippen LogP contribution in [0.4, 0.5) is 5.69 Å². The van der Waals surface area contributed by atoms with E-state index in [1.807, 2.05) is 6.92 Å². The Balaban J connectivity index is 2.03. The van der Waals surface area contributed by atoms with Crippen molar-refractivity contribution in [2.75, 3.05) is 32.8 Å². The maximum absolute atomic E-state index is 12.1. The summed E-state index contributed by atoms with van der Waals surface area (Å²) in [6, 6.07) is 10.2. The molecule has 0 aliphatic carbocycles. The average molecular weight is 415 g/mol. The van der Waals surface area contributed by atoms with E-state index in [0.717, 1.165) is 0 Å². The molecule has 2 aromatic rings. The van der Waals surface area contributed by atoms with E-state index in [9.17, 15) is 19.2 Å². The molecular formula is C21H21NO8. The second-order valence-electron chi connectivity index (χ2n) is 5.86. The number of ether oxygens (including phenoxy) is 4. The molecule has 158 valence electrons. The Bertz CT molecular complexity index is 902. The summed E-state index contributed by atoms with van der Waals surface area (Å²) in [5.74, 6) is -2.13. The molecule has 1 N–H and O–H groups in total. The molecule has 9 heteroatoms. The first kappa shape index (κ1) is 22.4. The molecule has 0 unspecified atom stereocenters. The SMILES string of the molecule is CCOc1ccc(C(=O)OCC(=O)Nc2cc(C(=O)OC)cc(C(=O)OC)c2)cc1. The van der Waals surface area contributed by atoms with E-state index in [1.54, 1.807) is 12.1 Å². The largest absolute Gasteiger partial charge is 0.494 e. The summed E-state index contributed by atoms with van der Waals surface area (Å²) in [6.07, 6.45) is 0. The van der Waals surface area contributed by atoms with Gasteiger partial charge in [0.1, 0.15) is 5.75 Å². The second-order valence-corrected chi connectivity index (χ2v) is 5.86. The quantitative estimate of drug-likeness (QED) is 0.516. The van der Waals surface area contributed by atoms with Gasteiger partial charge in [0.05, 0.1) is 37.5 Å². The molecule has 30 heavy (non-hydrogen) atoms. The van der Waals surface area contributed by atoms with Gasteiger partial charge in [0.25, 0.3) is 5.91 Å².